The van der Waals surface area contributed by atoms with E-state index in [0.717, 1.165) is 32.1 Å². The van der Waals surface area contributed by atoms with E-state index in [9.17, 15) is 19.5 Å². The number of ether oxygens (including phenoxy) is 1. The zero-order chi connectivity index (χ0) is 29.0. The van der Waals surface area contributed by atoms with Crippen LogP contribution in [0.1, 0.15) is 67.8 Å². The van der Waals surface area contributed by atoms with Crippen LogP contribution in [-0.2, 0) is 4.79 Å². The fraction of sp³-hybridized carbons (Fsp3) is 0.586. The van der Waals surface area contributed by atoms with Gasteiger partial charge in [0.15, 0.2) is 5.76 Å². The fourth-order valence-corrected chi connectivity index (χ4v) is 5.34. The van der Waals surface area contributed by atoms with E-state index in [1.54, 1.807) is 50.9 Å². The SMILES string of the molecule is Cc1noc(C)c1NC(=O)N(C)C[C@@H]1Oc2ccc(NC(=O)C3CCCCC3)cc2C(=O)N([C@H](C)CO)C[C@H]1C. The highest BCUT2D eigenvalue weighted by molar-refractivity contribution is 6.00. The molecule has 2 heterocycles. The van der Waals surface area contributed by atoms with Gasteiger partial charge in [-0.3, -0.25) is 9.59 Å². The number of amides is 4. The van der Waals surface area contributed by atoms with E-state index in [4.69, 9.17) is 9.26 Å². The summed E-state index contributed by atoms with van der Waals surface area (Å²) in [4.78, 5) is 42.7. The second-order valence-corrected chi connectivity index (χ2v) is 11.2. The summed E-state index contributed by atoms with van der Waals surface area (Å²) in [6.07, 6.45) is 4.54. The van der Waals surface area contributed by atoms with Crippen LogP contribution >= 0.6 is 0 Å². The molecule has 1 fully saturated rings. The number of hydrogen-bond acceptors (Lipinski definition) is 7. The summed E-state index contributed by atoms with van der Waals surface area (Å²) in [6.45, 7) is 7.60. The maximum absolute atomic E-state index is 13.7. The molecular weight excluding hydrogens is 514 g/mol. The molecule has 0 bridgehead atoms. The van der Waals surface area contributed by atoms with Crippen molar-refractivity contribution in [2.45, 2.75) is 71.9 Å². The van der Waals surface area contributed by atoms with Gasteiger partial charge in [0.2, 0.25) is 5.91 Å². The van der Waals surface area contributed by atoms with Gasteiger partial charge in [-0.2, -0.15) is 0 Å². The first-order chi connectivity index (χ1) is 19.1. The number of urea groups is 1. The predicted molar refractivity (Wildman–Crippen MR) is 150 cm³/mol. The van der Waals surface area contributed by atoms with Gasteiger partial charge in [-0.25, -0.2) is 4.79 Å². The van der Waals surface area contributed by atoms with Crippen LogP contribution in [0.25, 0.3) is 0 Å². The summed E-state index contributed by atoms with van der Waals surface area (Å²) in [7, 11) is 1.67. The van der Waals surface area contributed by atoms with E-state index in [2.05, 4.69) is 15.8 Å². The first-order valence-corrected chi connectivity index (χ1v) is 14.1. The van der Waals surface area contributed by atoms with Crippen LogP contribution in [0.5, 0.6) is 5.75 Å². The lowest BCUT2D eigenvalue weighted by Gasteiger charge is -2.38. The van der Waals surface area contributed by atoms with Gasteiger partial charge in [-0.1, -0.05) is 31.3 Å². The lowest BCUT2D eigenvalue weighted by atomic mass is 9.88. The van der Waals surface area contributed by atoms with Gasteiger partial charge < -0.3 is 34.8 Å². The summed E-state index contributed by atoms with van der Waals surface area (Å²) < 4.78 is 11.5. The molecule has 3 N–H and O–H groups in total. The lowest BCUT2D eigenvalue weighted by molar-refractivity contribution is -0.120. The Hall–Kier alpha value is -3.60. The highest BCUT2D eigenvalue weighted by Crippen LogP contribution is 2.32. The first kappa shape index (κ1) is 29.4. The number of aromatic nitrogens is 1. The average Bonchev–Trinajstić information content (AvgIpc) is 3.27. The van der Waals surface area contributed by atoms with Crippen molar-refractivity contribution in [3.8, 4) is 5.75 Å². The van der Waals surface area contributed by atoms with Gasteiger partial charge in [0.1, 0.15) is 23.2 Å². The van der Waals surface area contributed by atoms with Crippen molar-refractivity contribution < 1.29 is 28.8 Å². The molecular formula is C29H41N5O6. The summed E-state index contributed by atoms with van der Waals surface area (Å²) in [6, 6.07) is 4.31. The average molecular weight is 556 g/mol. The summed E-state index contributed by atoms with van der Waals surface area (Å²) >= 11 is 0. The topological polar surface area (TPSA) is 137 Å². The number of aliphatic hydroxyl groups is 1. The molecule has 11 heteroatoms. The Morgan fingerprint density at radius 1 is 1.20 bits per heavy atom. The minimum atomic E-state index is -0.455. The molecule has 11 nitrogen and oxygen atoms in total. The fourth-order valence-electron chi connectivity index (χ4n) is 5.34. The number of rotatable bonds is 7. The predicted octanol–water partition coefficient (Wildman–Crippen LogP) is 4.19. The van der Waals surface area contributed by atoms with E-state index in [-0.39, 0.29) is 42.8 Å². The van der Waals surface area contributed by atoms with E-state index in [0.29, 0.717) is 40.7 Å². The zero-order valence-electron chi connectivity index (χ0n) is 24.0. The Morgan fingerprint density at radius 3 is 2.58 bits per heavy atom. The maximum atomic E-state index is 13.7. The Labute approximate surface area is 235 Å². The van der Waals surface area contributed by atoms with E-state index >= 15 is 0 Å². The van der Waals surface area contributed by atoms with Crippen LogP contribution in [0.3, 0.4) is 0 Å². The smallest absolute Gasteiger partial charge is 0.321 e. The monoisotopic (exact) mass is 555 g/mol. The summed E-state index contributed by atoms with van der Waals surface area (Å²) in [5.74, 6) is 0.392. The number of aliphatic hydroxyl groups excluding tert-OH is 1. The van der Waals surface area contributed by atoms with Crippen LogP contribution in [-0.4, -0.2) is 76.8 Å². The number of nitrogens with zero attached hydrogens (tertiary/aromatic N) is 3. The van der Waals surface area contributed by atoms with Crippen LogP contribution in [0.15, 0.2) is 22.7 Å². The largest absolute Gasteiger partial charge is 0.487 e. The molecule has 2 aromatic rings. The number of hydrogen-bond donors (Lipinski definition) is 3. The zero-order valence-corrected chi connectivity index (χ0v) is 24.0. The lowest BCUT2D eigenvalue weighted by Crippen LogP contribution is -2.50. The number of anilines is 2. The normalized spacial score (nSPS) is 20.6. The van der Waals surface area contributed by atoms with Gasteiger partial charge in [0, 0.05) is 31.1 Å². The number of benzene rings is 1. The van der Waals surface area contributed by atoms with Gasteiger partial charge in [-0.05, 0) is 51.8 Å². The van der Waals surface area contributed by atoms with Crippen molar-refractivity contribution >= 4 is 29.2 Å². The summed E-state index contributed by atoms with van der Waals surface area (Å²) in [5, 5.41) is 19.6. The minimum Gasteiger partial charge on any atom is -0.487 e. The highest BCUT2D eigenvalue weighted by Gasteiger charge is 2.34. The number of carbonyl (C=O) groups excluding carboxylic acids is 3. The second-order valence-electron chi connectivity index (χ2n) is 11.2. The minimum absolute atomic E-state index is 0.0223. The molecule has 1 aromatic carbocycles. The summed E-state index contributed by atoms with van der Waals surface area (Å²) in [5.41, 5.74) is 1.96. The molecule has 1 aromatic heterocycles. The maximum Gasteiger partial charge on any atom is 0.321 e. The molecule has 0 spiro atoms. The Morgan fingerprint density at radius 2 is 1.93 bits per heavy atom. The van der Waals surface area contributed by atoms with Crippen LogP contribution < -0.4 is 15.4 Å². The van der Waals surface area contributed by atoms with Crippen molar-refractivity contribution in [1.29, 1.82) is 0 Å². The van der Waals surface area contributed by atoms with Crippen LogP contribution in [0.2, 0.25) is 0 Å². The van der Waals surface area contributed by atoms with Gasteiger partial charge >= 0.3 is 6.03 Å². The number of fused-ring (bicyclic) bond motifs is 1. The van der Waals surface area contributed by atoms with E-state index in [1.807, 2.05) is 6.92 Å². The van der Waals surface area contributed by atoms with Crippen molar-refractivity contribution in [3.63, 3.8) is 0 Å². The van der Waals surface area contributed by atoms with E-state index < -0.39 is 12.1 Å². The first-order valence-electron chi connectivity index (χ1n) is 14.1. The molecule has 0 saturated heterocycles. The molecule has 2 aliphatic rings. The molecule has 218 valence electrons. The Balaban J connectivity index is 1.56. The molecule has 40 heavy (non-hydrogen) atoms. The second kappa shape index (κ2) is 12.7. The molecule has 1 aliphatic heterocycles. The third kappa shape index (κ3) is 6.57. The molecule has 1 saturated carbocycles. The number of aryl methyl sites for hydroxylation is 2. The third-order valence-corrected chi connectivity index (χ3v) is 7.97. The molecule has 4 amide bonds. The van der Waals surface area contributed by atoms with Gasteiger partial charge in [0.05, 0.1) is 24.8 Å². The van der Waals surface area contributed by atoms with Crippen LogP contribution in [0, 0.1) is 25.7 Å². The quantitative estimate of drug-likeness (QED) is 0.466. The standard InChI is InChI=1S/C29H41N5O6/c1-17-14-34(18(2)16-35)28(37)23-13-22(30-27(36)21-9-7-6-8-10-21)11-12-24(23)39-25(17)15-33(5)29(38)31-26-19(3)32-40-20(26)4/h11-13,17-18,21,25,35H,6-10,14-16H2,1-5H3,(H,30,36)(H,31,38)/t17-,18-,25+/m1/s1. The van der Waals surface area contributed by atoms with Gasteiger partial charge in [0.25, 0.3) is 5.91 Å². The third-order valence-electron chi connectivity index (χ3n) is 7.97. The highest BCUT2D eigenvalue weighted by atomic mass is 16.5. The van der Waals surface area contributed by atoms with Crippen molar-refractivity contribution in [2.24, 2.45) is 11.8 Å². The van der Waals surface area contributed by atoms with Gasteiger partial charge in [-0.15, -0.1) is 0 Å². The number of nitrogens with one attached hydrogen (secondary N) is 2. The van der Waals surface area contributed by atoms with Crippen molar-refractivity contribution in [2.75, 3.05) is 37.4 Å². The number of carbonyl (C=O) groups is 3. The Kier molecular flexibility index (Phi) is 9.34. The Bertz CT molecular complexity index is 1200. The van der Waals surface area contributed by atoms with Crippen LogP contribution in [0.4, 0.5) is 16.2 Å². The number of likely N-dealkylation sites (N-methyl/N-ethyl adjacent to an activating group) is 1. The molecule has 0 unspecified atom stereocenters. The van der Waals surface area contributed by atoms with Crippen molar-refractivity contribution in [3.05, 3.63) is 35.2 Å². The molecule has 4 rings (SSSR count). The molecule has 0 radical (unpaired) electrons. The van der Waals surface area contributed by atoms with E-state index in [1.165, 1.54) is 4.90 Å². The molecule has 3 atom stereocenters. The molecule has 1 aliphatic carbocycles. The van der Waals surface area contributed by atoms with Crippen molar-refractivity contribution in [1.82, 2.24) is 15.0 Å².